The SMILES string of the molecule is CC1=NN(c2ccccc2)[C@H](c2ccc(OCC(=O)NCCC3=CCCCC3)cc2)C1. The van der Waals surface area contributed by atoms with Gasteiger partial charge in [-0.3, -0.25) is 9.80 Å². The lowest BCUT2D eigenvalue weighted by Gasteiger charge is -2.24. The van der Waals surface area contributed by atoms with Crippen molar-refractivity contribution in [3.05, 3.63) is 71.8 Å². The number of ether oxygens (including phenoxy) is 1. The molecule has 1 N–H and O–H groups in total. The van der Waals surface area contributed by atoms with Gasteiger partial charge in [0.15, 0.2) is 6.61 Å². The Kier molecular flexibility index (Phi) is 7.03. The number of nitrogens with zero attached hydrogens (tertiary/aromatic N) is 2. The van der Waals surface area contributed by atoms with Gasteiger partial charge in [0.1, 0.15) is 5.75 Å². The highest BCUT2D eigenvalue weighted by atomic mass is 16.5. The molecule has 0 aromatic heterocycles. The number of hydrogen-bond acceptors (Lipinski definition) is 4. The van der Waals surface area contributed by atoms with Crippen molar-refractivity contribution in [2.24, 2.45) is 5.10 Å². The first-order valence-corrected chi connectivity index (χ1v) is 11.2. The Morgan fingerprint density at radius 1 is 1.13 bits per heavy atom. The third-order valence-electron chi connectivity index (χ3n) is 5.87. The zero-order valence-electron chi connectivity index (χ0n) is 18.2. The van der Waals surface area contributed by atoms with E-state index in [4.69, 9.17) is 9.84 Å². The Hall–Kier alpha value is -3.08. The van der Waals surface area contributed by atoms with Crippen molar-refractivity contribution in [2.45, 2.75) is 51.5 Å². The molecule has 2 aliphatic rings. The average molecular weight is 418 g/mol. The van der Waals surface area contributed by atoms with Crippen molar-refractivity contribution in [1.29, 1.82) is 0 Å². The molecule has 1 aliphatic heterocycles. The number of rotatable bonds is 8. The van der Waals surface area contributed by atoms with Gasteiger partial charge in [-0.25, -0.2) is 0 Å². The molecule has 0 unspecified atom stereocenters. The molecule has 2 aromatic rings. The molecule has 1 atom stereocenters. The van der Waals surface area contributed by atoms with Crippen LogP contribution in [0.4, 0.5) is 5.69 Å². The van der Waals surface area contributed by atoms with Crippen LogP contribution in [0.3, 0.4) is 0 Å². The summed E-state index contributed by atoms with van der Waals surface area (Å²) in [6.45, 7) is 2.79. The summed E-state index contributed by atoms with van der Waals surface area (Å²) in [6.07, 6.45) is 9.08. The van der Waals surface area contributed by atoms with E-state index in [9.17, 15) is 4.79 Å². The van der Waals surface area contributed by atoms with Crippen LogP contribution in [-0.2, 0) is 4.79 Å². The third-order valence-corrected chi connectivity index (χ3v) is 5.87. The second-order valence-electron chi connectivity index (χ2n) is 8.30. The Morgan fingerprint density at radius 2 is 1.94 bits per heavy atom. The zero-order valence-corrected chi connectivity index (χ0v) is 18.2. The molecule has 31 heavy (non-hydrogen) atoms. The molecular formula is C26H31N3O2. The van der Waals surface area contributed by atoms with Gasteiger partial charge in [-0.05, 0) is 68.9 Å². The summed E-state index contributed by atoms with van der Waals surface area (Å²) >= 11 is 0. The van der Waals surface area contributed by atoms with Crippen LogP contribution in [0.1, 0.15) is 57.1 Å². The van der Waals surface area contributed by atoms with Gasteiger partial charge >= 0.3 is 0 Å². The van der Waals surface area contributed by atoms with E-state index < -0.39 is 0 Å². The molecule has 0 radical (unpaired) electrons. The van der Waals surface area contributed by atoms with Crippen LogP contribution in [0, 0.1) is 0 Å². The highest BCUT2D eigenvalue weighted by molar-refractivity contribution is 5.86. The number of anilines is 1. The zero-order chi connectivity index (χ0) is 21.5. The van der Waals surface area contributed by atoms with Gasteiger partial charge in [-0.2, -0.15) is 5.10 Å². The van der Waals surface area contributed by atoms with E-state index in [0.717, 1.165) is 24.2 Å². The lowest BCUT2D eigenvalue weighted by molar-refractivity contribution is -0.123. The summed E-state index contributed by atoms with van der Waals surface area (Å²) < 4.78 is 5.69. The molecule has 0 bridgehead atoms. The van der Waals surface area contributed by atoms with E-state index in [-0.39, 0.29) is 18.6 Å². The van der Waals surface area contributed by atoms with Gasteiger partial charge < -0.3 is 10.1 Å². The number of para-hydroxylation sites is 1. The van der Waals surface area contributed by atoms with Crippen LogP contribution < -0.4 is 15.1 Å². The van der Waals surface area contributed by atoms with Gasteiger partial charge in [-0.1, -0.05) is 42.0 Å². The first-order chi connectivity index (χ1) is 15.2. The number of carbonyl (C=O) groups is 1. The molecule has 0 saturated carbocycles. The number of carbonyl (C=O) groups excluding carboxylic acids is 1. The second-order valence-corrected chi connectivity index (χ2v) is 8.30. The van der Waals surface area contributed by atoms with Gasteiger partial charge in [0, 0.05) is 18.7 Å². The topological polar surface area (TPSA) is 53.9 Å². The molecule has 0 saturated heterocycles. The van der Waals surface area contributed by atoms with E-state index in [0.29, 0.717) is 12.3 Å². The quantitative estimate of drug-likeness (QED) is 0.585. The minimum atomic E-state index is -0.0736. The molecule has 2 aromatic carbocycles. The third kappa shape index (κ3) is 5.75. The summed E-state index contributed by atoms with van der Waals surface area (Å²) in [7, 11) is 0. The molecule has 1 aliphatic carbocycles. The second kappa shape index (κ2) is 10.3. The van der Waals surface area contributed by atoms with Crippen LogP contribution in [0.25, 0.3) is 0 Å². The molecule has 0 spiro atoms. The fourth-order valence-electron chi connectivity index (χ4n) is 4.22. The lowest BCUT2D eigenvalue weighted by Crippen LogP contribution is -2.30. The summed E-state index contributed by atoms with van der Waals surface area (Å²) in [5, 5.41) is 9.76. The van der Waals surface area contributed by atoms with E-state index in [1.165, 1.54) is 36.8 Å². The largest absolute Gasteiger partial charge is 0.484 e. The van der Waals surface area contributed by atoms with Crippen LogP contribution in [0.15, 0.2) is 71.3 Å². The monoisotopic (exact) mass is 417 g/mol. The fraction of sp³-hybridized carbons (Fsp3) is 0.385. The van der Waals surface area contributed by atoms with Crippen LogP contribution in [0.5, 0.6) is 5.75 Å². The first-order valence-electron chi connectivity index (χ1n) is 11.2. The Balaban J connectivity index is 1.27. The Bertz CT molecular complexity index is 935. The molecule has 0 fully saturated rings. The number of amides is 1. The molecule has 1 amide bonds. The fourth-order valence-corrected chi connectivity index (χ4v) is 4.22. The Labute approximate surface area is 184 Å². The van der Waals surface area contributed by atoms with E-state index in [1.54, 1.807) is 0 Å². The lowest BCUT2D eigenvalue weighted by atomic mass is 9.97. The summed E-state index contributed by atoms with van der Waals surface area (Å²) in [4.78, 5) is 12.1. The maximum absolute atomic E-state index is 12.1. The molecule has 162 valence electrons. The standard InChI is InChI=1S/C26H31N3O2/c1-20-18-25(29(28-20)23-10-6-3-7-11-23)22-12-14-24(15-13-22)31-19-26(30)27-17-16-21-8-4-2-5-9-21/h3,6-8,10-15,25H,2,4-5,9,16-19H2,1H3,(H,27,30)/t25-/m0/s1. The van der Waals surface area contributed by atoms with Crippen LogP contribution in [0.2, 0.25) is 0 Å². The highest BCUT2D eigenvalue weighted by Crippen LogP contribution is 2.35. The number of allylic oxidation sites excluding steroid dienone is 1. The van der Waals surface area contributed by atoms with Gasteiger partial charge in [0.25, 0.3) is 5.91 Å². The molecule has 4 rings (SSSR count). The Morgan fingerprint density at radius 3 is 2.68 bits per heavy atom. The van der Waals surface area contributed by atoms with Crippen molar-refractivity contribution in [1.82, 2.24) is 5.32 Å². The molecule has 1 heterocycles. The average Bonchev–Trinajstić information content (AvgIpc) is 3.21. The number of nitrogens with one attached hydrogen (secondary N) is 1. The predicted octanol–water partition coefficient (Wildman–Crippen LogP) is 5.40. The van der Waals surface area contributed by atoms with Gasteiger partial charge in [0.2, 0.25) is 0 Å². The van der Waals surface area contributed by atoms with Gasteiger partial charge in [-0.15, -0.1) is 0 Å². The number of benzene rings is 2. The maximum Gasteiger partial charge on any atom is 0.257 e. The number of hydrogen-bond donors (Lipinski definition) is 1. The van der Waals surface area contributed by atoms with Crippen molar-refractivity contribution >= 4 is 17.3 Å². The van der Waals surface area contributed by atoms with Gasteiger partial charge in [0.05, 0.1) is 11.7 Å². The van der Waals surface area contributed by atoms with E-state index in [1.807, 2.05) is 30.3 Å². The van der Waals surface area contributed by atoms with Crippen LogP contribution in [-0.4, -0.2) is 24.8 Å². The highest BCUT2D eigenvalue weighted by Gasteiger charge is 2.27. The molecular weight excluding hydrogens is 386 g/mol. The van der Waals surface area contributed by atoms with Crippen molar-refractivity contribution in [3.63, 3.8) is 0 Å². The predicted molar refractivity (Wildman–Crippen MR) is 126 cm³/mol. The summed E-state index contributed by atoms with van der Waals surface area (Å²) in [6, 6.07) is 18.4. The summed E-state index contributed by atoms with van der Waals surface area (Å²) in [5.41, 5.74) is 4.86. The van der Waals surface area contributed by atoms with E-state index in [2.05, 4.69) is 47.6 Å². The van der Waals surface area contributed by atoms with Crippen molar-refractivity contribution in [2.75, 3.05) is 18.2 Å². The smallest absolute Gasteiger partial charge is 0.257 e. The normalized spacial score (nSPS) is 18.4. The first kappa shape index (κ1) is 21.2. The summed E-state index contributed by atoms with van der Waals surface area (Å²) in [5.74, 6) is 0.631. The van der Waals surface area contributed by atoms with Crippen molar-refractivity contribution in [3.8, 4) is 5.75 Å². The minimum absolute atomic E-state index is 0.0418. The van der Waals surface area contributed by atoms with Crippen molar-refractivity contribution < 1.29 is 9.53 Å². The molecule has 5 heteroatoms. The maximum atomic E-state index is 12.1. The molecule has 5 nitrogen and oxygen atoms in total. The van der Waals surface area contributed by atoms with E-state index >= 15 is 0 Å². The minimum Gasteiger partial charge on any atom is -0.484 e. The number of hydrazone groups is 1. The van der Waals surface area contributed by atoms with Crippen LogP contribution >= 0.6 is 0 Å².